The summed E-state index contributed by atoms with van der Waals surface area (Å²) in [6, 6.07) is 22.4. The third-order valence-electron chi connectivity index (χ3n) is 4.97. The molecule has 0 saturated carbocycles. The van der Waals surface area contributed by atoms with Crippen molar-refractivity contribution in [3.63, 3.8) is 0 Å². The van der Waals surface area contributed by atoms with E-state index in [2.05, 4.69) is 20.7 Å². The molecule has 0 fully saturated rings. The summed E-state index contributed by atoms with van der Waals surface area (Å²) in [5.41, 5.74) is 5.04. The van der Waals surface area contributed by atoms with Crippen LogP contribution in [0.2, 0.25) is 5.02 Å². The highest BCUT2D eigenvalue weighted by Crippen LogP contribution is 2.29. The number of ether oxygens (including phenoxy) is 2. The topological polar surface area (TPSA) is 90.6 Å². The third kappa shape index (κ3) is 6.44. The average Bonchev–Trinajstić information content (AvgIpc) is 3.32. The van der Waals surface area contributed by atoms with Crippen molar-refractivity contribution in [2.75, 3.05) is 19.5 Å². The molecule has 0 saturated heterocycles. The Balaban J connectivity index is 1.51. The third-order valence-corrected chi connectivity index (χ3v) is 6.15. The fourth-order valence-corrected chi connectivity index (χ4v) is 4.17. The van der Waals surface area contributed by atoms with Gasteiger partial charge < -0.3 is 9.47 Å². The maximum Gasteiger partial charge on any atom is 0.250 e. The average molecular weight is 522 g/mol. The van der Waals surface area contributed by atoms with Crippen LogP contribution in [0.1, 0.15) is 12.5 Å². The molecule has 10 heteroatoms. The maximum atomic E-state index is 12.4. The number of carbonyl (C=O) groups is 1. The lowest BCUT2D eigenvalue weighted by Gasteiger charge is -2.11. The highest BCUT2D eigenvalue weighted by atomic mass is 35.5. The second-order valence-corrected chi connectivity index (χ2v) is 8.81. The van der Waals surface area contributed by atoms with Crippen LogP contribution >= 0.6 is 23.4 Å². The van der Waals surface area contributed by atoms with Crippen molar-refractivity contribution >= 4 is 35.5 Å². The Morgan fingerprint density at radius 2 is 1.86 bits per heavy atom. The molecule has 1 aromatic heterocycles. The monoisotopic (exact) mass is 521 g/mol. The number of nitrogens with one attached hydrogen (secondary N) is 1. The van der Waals surface area contributed by atoms with Gasteiger partial charge in [-0.25, -0.2) is 5.43 Å². The smallest absolute Gasteiger partial charge is 0.250 e. The van der Waals surface area contributed by atoms with Crippen molar-refractivity contribution in [2.24, 2.45) is 5.10 Å². The normalized spacial score (nSPS) is 11.0. The quantitative estimate of drug-likeness (QED) is 0.174. The van der Waals surface area contributed by atoms with E-state index in [1.54, 1.807) is 25.5 Å². The number of hydrogen-bond donors (Lipinski definition) is 1. The summed E-state index contributed by atoms with van der Waals surface area (Å²) in [4.78, 5) is 12.4. The molecular weight excluding hydrogens is 498 g/mol. The van der Waals surface area contributed by atoms with Gasteiger partial charge in [0.1, 0.15) is 11.5 Å². The first kappa shape index (κ1) is 25.3. The number of hydrazone groups is 1. The number of nitrogens with zero attached hydrogens (tertiary/aromatic N) is 4. The minimum Gasteiger partial charge on any atom is -0.497 e. The lowest BCUT2D eigenvalue weighted by molar-refractivity contribution is -0.118. The van der Waals surface area contributed by atoms with Gasteiger partial charge in [0, 0.05) is 16.3 Å². The van der Waals surface area contributed by atoms with Crippen molar-refractivity contribution < 1.29 is 14.3 Å². The standard InChI is InChI=1S/C26H24ClN5O3S/c1-3-35-22-13-11-21(12-14-22)32-25(19-7-9-20(27)10-8-19)30-31-26(32)36-17-24(33)29-28-16-18-5-4-6-23(15-18)34-2/h4-16H,3,17H2,1-2H3,(H,29,33)/b28-16-. The summed E-state index contributed by atoms with van der Waals surface area (Å²) < 4.78 is 12.7. The lowest BCUT2D eigenvalue weighted by Crippen LogP contribution is -2.20. The molecule has 1 N–H and O–H groups in total. The molecule has 0 bridgehead atoms. The summed E-state index contributed by atoms with van der Waals surface area (Å²) in [6.45, 7) is 2.52. The molecule has 3 aromatic carbocycles. The van der Waals surface area contributed by atoms with E-state index in [0.29, 0.717) is 28.4 Å². The van der Waals surface area contributed by atoms with E-state index in [9.17, 15) is 4.79 Å². The van der Waals surface area contributed by atoms with Gasteiger partial charge >= 0.3 is 0 Å². The van der Waals surface area contributed by atoms with Crippen LogP contribution in [0.15, 0.2) is 83.1 Å². The zero-order chi connectivity index (χ0) is 25.3. The number of hydrogen-bond acceptors (Lipinski definition) is 7. The Hall–Kier alpha value is -3.82. The van der Waals surface area contributed by atoms with E-state index in [1.165, 1.54) is 11.8 Å². The van der Waals surface area contributed by atoms with Crippen LogP contribution in [0.4, 0.5) is 0 Å². The Kier molecular flexibility index (Phi) is 8.59. The summed E-state index contributed by atoms with van der Waals surface area (Å²) in [5.74, 6) is 1.95. The molecule has 4 rings (SSSR count). The number of rotatable bonds is 10. The van der Waals surface area contributed by atoms with Crippen molar-refractivity contribution in [3.8, 4) is 28.6 Å². The van der Waals surface area contributed by atoms with Crippen LogP contribution in [-0.2, 0) is 4.79 Å². The van der Waals surface area contributed by atoms with Gasteiger partial charge in [0.15, 0.2) is 11.0 Å². The van der Waals surface area contributed by atoms with Crippen molar-refractivity contribution in [1.29, 1.82) is 0 Å². The highest BCUT2D eigenvalue weighted by Gasteiger charge is 2.17. The first-order valence-electron chi connectivity index (χ1n) is 11.1. The van der Waals surface area contributed by atoms with Crippen LogP contribution in [0, 0.1) is 0 Å². The fraction of sp³-hybridized carbons (Fsp3) is 0.154. The first-order chi connectivity index (χ1) is 17.6. The van der Waals surface area contributed by atoms with Gasteiger partial charge in [0.05, 0.1) is 25.7 Å². The van der Waals surface area contributed by atoms with Gasteiger partial charge in [-0.1, -0.05) is 35.5 Å². The zero-order valence-corrected chi connectivity index (χ0v) is 21.3. The van der Waals surface area contributed by atoms with Gasteiger partial charge in [0.25, 0.3) is 5.91 Å². The van der Waals surface area contributed by atoms with Gasteiger partial charge in [-0.15, -0.1) is 10.2 Å². The number of aromatic nitrogens is 3. The van der Waals surface area contributed by atoms with Crippen LogP contribution < -0.4 is 14.9 Å². The van der Waals surface area contributed by atoms with Crippen LogP contribution in [-0.4, -0.2) is 46.4 Å². The van der Waals surface area contributed by atoms with E-state index in [1.807, 2.05) is 72.2 Å². The number of methoxy groups -OCH3 is 1. The van der Waals surface area contributed by atoms with E-state index < -0.39 is 0 Å². The Labute approximate surface area is 218 Å². The van der Waals surface area contributed by atoms with E-state index >= 15 is 0 Å². The van der Waals surface area contributed by atoms with Crippen molar-refractivity contribution in [2.45, 2.75) is 12.1 Å². The minimum absolute atomic E-state index is 0.102. The molecule has 1 heterocycles. The Morgan fingerprint density at radius 3 is 2.58 bits per heavy atom. The number of benzene rings is 3. The fourth-order valence-electron chi connectivity index (χ4n) is 3.30. The second kappa shape index (κ2) is 12.2. The summed E-state index contributed by atoms with van der Waals surface area (Å²) in [7, 11) is 1.60. The molecule has 0 atom stereocenters. The van der Waals surface area contributed by atoms with Crippen LogP contribution in [0.3, 0.4) is 0 Å². The SMILES string of the molecule is CCOc1ccc(-n2c(SCC(=O)N/N=C\c3cccc(OC)c3)nnc2-c2ccc(Cl)cc2)cc1. The summed E-state index contributed by atoms with van der Waals surface area (Å²) in [5, 5.41) is 14.0. The molecule has 1 amide bonds. The molecule has 36 heavy (non-hydrogen) atoms. The molecule has 184 valence electrons. The van der Waals surface area contributed by atoms with E-state index in [-0.39, 0.29) is 11.7 Å². The van der Waals surface area contributed by atoms with Gasteiger partial charge in [0.2, 0.25) is 0 Å². The second-order valence-electron chi connectivity index (χ2n) is 7.43. The molecule has 8 nitrogen and oxygen atoms in total. The Morgan fingerprint density at radius 1 is 1.08 bits per heavy atom. The largest absolute Gasteiger partial charge is 0.497 e. The Bertz CT molecular complexity index is 1340. The first-order valence-corrected chi connectivity index (χ1v) is 12.5. The molecule has 0 aliphatic heterocycles. The van der Waals surface area contributed by atoms with Crippen molar-refractivity contribution in [3.05, 3.63) is 83.4 Å². The van der Waals surface area contributed by atoms with Crippen LogP contribution in [0.25, 0.3) is 17.1 Å². The minimum atomic E-state index is -0.270. The van der Waals surface area contributed by atoms with Crippen molar-refractivity contribution in [1.82, 2.24) is 20.2 Å². The molecule has 0 aliphatic rings. The van der Waals surface area contributed by atoms with E-state index in [0.717, 1.165) is 22.6 Å². The highest BCUT2D eigenvalue weighted by molar-refractivity contribution is 7.99. The predicted octanol–water partition coefficient (Wildman–Crippen LogP) is 5.24. The summed E-state index contributed by atoms with van der Waals surface area (Å²) >= 11 is 7.33. The number of thioether (sulfide) groups is 1. The van der Waals surface area contributed by atoms with Gasteiger partial charge in [-0.05, 0) is 73.2 Å². The molecular formula is C26H24ClN5O3S. The molecule has 4 aromatic rings. The maximum absolute atomic E-state index is 12.4. The van der Waals surface area contributed by atoms with Gasteiger partial charge in [-0.3, -0.25) is 9.36 Å². The number of halogens is 1. The lowest BCUT2D eigenvalue weighted by atomic mass is 10.2. The number of carbonyl (C=O) groups excluding carboxylic acids is 1. The molecule has 0 aliphatic carbocycles. The van der Waals surface area contributed by atoms with Gasteiger partial charge in [-0.2, -0.15) is 5.10 Å². The zero-order valence-electron chi connectivity index (χ0n) is 19.7. The van der Waals surface area contributed by atoms with E-state index in [4.69, 9.17) is 21.1 Å². The van der Waals surface area contributed by atoms with Crippen LogP contribution in [0.5, 0.6) is 11.5 Å². The molecule has 0 unspecified atom stereocenters. The summed E-state index contributed by atoms with van der Waals surface area (Å²) in [6.07, 6.45) is 1.56. The predicted molar refractivity (Wildman–Crippen MR) is 142 cm³/mol. The molecule has 0 radical (unpaired) electrons. The number of amides is 1. The molecule has 0 spiro atoms.